The number of anilines is 1. The van der Waals surface area contributed by atoms with Gasteiger partial charge in [-0.15, -0.1) is 21.5 Å². The molecular formula is C23H26ClN5O3S2. The normalized spacial score (nSPS) is 16.1. The fourth-order valence-electron chi connectivity index (χ4n) is 3.98. The molecule has 2 unspecified atom stereocenters. The van der Waals surface area contributed by atoms with E-state index >= 15 is 0 Å². The first-order valence-corrected chi connectivity index (χ1v) is 13.1. The minimum atomic E-state index is -0.500. The van der Waals surface area contributed by atoms with Crippen LogP contribution in [-0.2, 0) is 24.7 Å². The van der Waals surface area contributed by atoms with Gasteiger partial charge in [-0.2, -0.15) is 0 Å². The molecule has 2 atom stereocenters. The number of halogens is 1. The average Bonchev–Trinajstić information content (AvgIpc) is 3.33. The molecule has 3 aromatic rings. The van der Waals surface area contributed by atoms with Gasteiger partial charge in [-0.05, 0) is 49.8 Å². The summed E-state index contributed by atoms with van der Waals surface area (Å²) in [5.41, 5.74) is 7.09. The zero-order valence-corrected chi connectivity index (χ0v) is 21.5. The van der Waals surface area contributed by atoms with E-state index < -0.39 is 12.0 Å². The summed E-state index contributed by atoms with van der Waals surface area (Å²) in [6.45, 7) is 4.05. The Morgan fingerprint density at radius 3 is 2.88 bits per heavy atom. The second-order valence-corrected chi connectivity index (χ2v) is 10.8. The van der Waals surface area contributed by atoms with E-state index in [2.05, 4.69) is 22.4 Å². The Bertz CT molecular complexity index is 1230. The van der Waals surface area contributed by atoms with E-state index in [1.54, 1.807) is 16.7 Å². The molecular weight excluding hydrogens is 494 g/mol. The van der Waals surface area contributed by atoms with E-state index in [0.29, 0.717) is 38.2 Å². The summed E-state index contributed by atoms with van der Waals surface area (Å²) in [7, 11) is 1.82. The maximum absolute atomic E-state index is 12.7. The SMILES string of the molecule is CC1CCc2c(sc(NC(=O)CSc3nnc(C(C)Oc4ccccc4Cl)n3C)c2C(N)=O)C1. The van der Waals surface area contributed by atoms with Crippen LogP contribution in [0.5, 0.6) is 5.75 Å². The Hall–Kier alpha value is -2.56. The first kappa shape index (κ1) is 24.6. The van der Waals surface area contributed by atoms with E-state index in [1.807, 2.05) is 26.1 Å². The van der Waals surface area contributed by atoms with Gasteiger partial charge in [0.25, 0.3) is 5.91 Å². The summed E-state index contributed by atoms with van der Waals surface area (Å²) >= 11 is 8.89. The van der Waals surface area contributed by atoms with Crippen LogP contribution in [0.25, 0.3) is 0 Å². The number of ether oxygens (including phenoxy) is 1. The zero-order chi connectivity index (χ0) is 24.4. The second-order valence-electron chi connectivity index (χ2n) is 8.35. The van der Waals surface area contributed by atoms with Gasteiger partial charge < -0.3 is 20.4 Å². The number of hydrogen-bond donors (Lipinski definition) is 2. The van der Waals surface area contributed by atoms with Crippen LogP contribution in [0.1, 0.15) is 53.0 Å². The van der Waals surface area contributed by atoms with Gasteiger partial charge in [0, 0.05) is 11.9 Å². The number of carbonyl (C=O) groups is 2. The van der Waals surface area contributed by atoms with E-state index in [0.717, 1.165) is 29.7 Å². The van der Waals surface area contributed by atoms with Crippen molar-refractivity contribution >= 4 is 51.5 Å². The van der Waals surface area contributed by atoms with Gasteiger partial charge in [-0.3, -0.25) is 9.59 Å². The number of para-hydroxylation sites is 1. The van der Waals surface area contributed by atoms with Gasteiger partial charge in [0.2, 0.25) is 5.91 Å². The number of primary amides is 1. The lowest BCUT2D eigenvalue weighted by Crippen LogP contribution is -2.20. The highest BCUT2D eigenvalue weighted by Gasteiger charge is 2.27. The number of nitrogens with zero attached hydrogens (tertiary/aromatic N) is 3. The molecule has 1 aliphatic rings. The summed E-state index contributed by atoms with van der Waals surface area (Å²) < 4.78 is 7.72. The zero-order valence-electron chi connectivity index (χ0n) is 19.1. The van der Waals surface area contributed by atoms with Crippen LogP contribution in [0, 0.1) is 5.92 Å². The largest absolute Gasteiger partial charge is 0.481 e. The topological polar surface area (TPSA) is 112 Å². The Balaban J connectivity index is 1.40. The number of amides is 2. The standard InChI is InChI=1S/C23H26ClN5O3S2/c1-12-8-9-14-17(10-12)34-22(19(14)20(25)31)26-18(30)11-33-23-28-27-21(29(23)3)13(2)32-16-7-5-4-6-15(16)24/h4-7,12-13H,8-11H2,1-3H3,(H2,25,31)(H,26,30). The molecule has 4 rings (SSSR count). The first-order valence-electron chi connectivity index (χ1n) is 10.9. The van der Waals surface area contributed by atoms with Crippen molar-refractivity contribution in [2.75, 3.05) is 11.1 Å². The number of hydrogen-bond acceptors (Lipinski definition) is 7. The molecule has 2 heterocycles. The molecule has 3 N–H and O–H groups in total. The minimum absolute atomic E-state index is 0.114. The second kappa shape index (κ2) is 10.4. The maximum atomic E-state index is 12.7. The molecule has 180 valence electrons. The molecule has 2 amide bonds. The lowest BCUT2D eigenvalue weighted by atomic mass is 9.88. The molecule has 8 nitrogen and oxygen atoms in total. The third-order valence-corrected chi connectivity index (χ3v) is 8.22. The Morgan fingerprint density at radius 2 is 2.15 bits per heavy atom. The van der Waals surface area contributed by atoms with Crippen molar-refractivity contribution in [3.05, 3.63) is 51.1 Å². The fourth-order valence-corrected chi connectivity index (χ4v) is 6.31. The van der Waals surface area contributed by atoms with Crippen molar-refractivity contribution in [3.63, 3.8) is 0 Å². The van der Waals surface area contributed by atoms with E-state index in [9.17, 15) is 9.59 Å². The monoisotopic (exact) mass is 519 g/mol. The number of thioether (sulfide) groups is 1. The molecule has 0 saturated heterocycles. The lowest BCUT2D eigenvalue weighted by molar-refractivity contribution is -0.113. The number of carbonyl (C=O) groups excluding carboxylic acids is 2. The predicted molar refractivity (Wildman–Crippen MR) is 135 cm³/mol. The van der Waals surface area contributed by atoms with Crippen LogP contribution in [0.4, 0.5) is 5.00 Å². The molecule has 1 aromatic carbocycles. The number of benzene rings is 1. The van der Waals surface area contributed by atoms with Crippen molar-refractivity contribution in [3.8, 4) is 5.75 Å². The maximum Gasteiger partial charge on any atom is 0.251 e. The van der Waals surface area contributed by atoms with E-state index in [4.69, 9.17) is 22.1 Å². The highest BCUT2D eigenvalue weighted by molar-refractivity contribution is 7.99. The summed E-state index contributed by atoms with van der Waals surface area (Å²) in [6, 6.07) is 7.23. The number of nitrogens with two attached hydrogens (primary N) is 1. The highest BCUT2D eigenvalue weighted by Crippen LogP contribution is 2.39. The first-order chi connectivity index (χ1) is 16.2. The van der Waals surface area contributed by atoms with Crippen molar-refractivity contribution in [1.29, 1.82) is 0 Å². The third-order valence-electron chi connectivity index (χ3n) is 5.72. The van der Waals surface area contributed by atoms with Gasteiger partial charge in [-0.25, -0.2) is 0 Å². The summed E-state index contributed by atoms with van der Waals surface area (Å²) in [4.78, 5) is 25.9. The van der Waals surface area contributed by atoms with Crippen LogP contribution in [-0.4, -0.2) is 32.3 Å². The molecule has 11 heteroatoms. The molecule has 34 heavy (non-hydrogen) atoms. The van der Waals surface area contributed by atoms with Gasteiger partial charge in [0.05, 0.1) is 16.3 Å². The molecule has 1 aliphatic carbocycles. The summed E-state index contributed by atoms with van der Waals surface area (Å²) in [5, 5.41) is 12.9. The number of rotatable bonds is 8. The lowest BCUT2D eigenvalue weighted by Gasteiger charge is -2.18. The molecule has 0 spiro atoms. The minimum Gasteiger partial charge on any atom is -0.481 e. The fraction of sp³-hybridized carbons (Fsp3) is 0.391. The molecule has 0 radical (unpaired) electrons. The van der Waals surface area contributed by atoms with Crippen LogP contribution in [0.15, 0.2) is 29.4 Å². The van der Waals surface area contributed by atoms with Crippen molar-refractivity contribution in [1.82, 2.24) is 14.8 Å². The quantitative estimate of drug-likeness (QED) is 0.420. The summed E-state index contributed by atoms with van der Waals surface area (Å²) in [5.74, 6) is 1.11. The number of aromatic nitrogens is 3. The molecule has 0 saturated carbocycles. The Labute approximate surface area is 211 Å². The van der Waals surface area contributed by atoms with Crippen molar-refractivity contribution in [2.24, 2.45) is 18.7 Å². The van der Waals surface area contributed by atoms with Crippen LogP contribution in [0.3, 0.4) is 0 Å². The smallest absolute Gasteiger partial charge is 0.251 e. The third kappa shape index (κ3) is 5.24. The molecule has 0 bridgehead atoms. The molecule has 0 fully saturated rings. The van der Waals surface area contributed by atoms with Crippen LogP contribution >= 0.6 is 34.7 Å². The Kier molecular flexibility index (Phi) is 7.49. The van der Waals surface area contributed by atoms with Gasteiger partial charge in [-0.1, -0.05) is 42.4 Å². The van der Waals surface area contributed by atoms with Gasteiger partial charge in [0.15, 0.2) is 17.1 Å². The number of thiophene rings is 1. The van der Waals surface area contributed by atoms with Crippen LogP contribution in [0.2, 0.25) is 5.02 Å². The average molecular weight is 520 g/mol. The van der Waals surface area contributed by atoms with Gasteiger partial charge >= 0.3 is 0 Å². The van der Waals surface area contributed by atoms with E-state index in [1.165, 1.54) is 23.1 Å². The highest BCUT2D eigenvalue weighted by atomic mass is 35.5. The Morgan fingerprint density at radius 1 is 1.38 bits per heavy atom. The molecule has 0 aliphatic heterocycles. The van der Waals surface area contributed by atoms with Crippen molar-refractivity contribution < 1.29 is 14.3 Å². The van der Waals surface area contributed by atoms with Crippen LogP contribution < -0.4 is 15.8 Å². The number of fused-ring (bicyclic) bond motifs is 1. The summed E-state index contributed by atoms with van der Waals surface area (Å²) in [6.07, 6.45) is 2.34. The van der Waals surface area contributed by atoms with Gasteiger partial charge in [0.1, 0.15) is 10.8 Å². The molecule has 2 aromatic heterocycles. The predicted octanol–water partition coefficient (Wildman–Crippen LogP) is 4.62. The number of nitrogens with one attached hydrogen (secondary N) is 1. The van der Waals surface area contributed by atoms with Crippen molar-refractivity contribution in [2.45, 2.75) is 44.4 Å². The van der Waals surface area contributed by atoms with E-state index in [-0.39, 0.29) is 11.7 Å².